The van der Waals surface area contributed by atoms with E-state index < -0.39 is 0 Å². The fourth-order valence-electron chi connectivity index (χ4n) is 2.60. The van der Waals surface area contributed by atoms with Gasteiger partial charge in [0.2, 0.25) is 5.91 Å². The van der Waals surface area contributed by atoms with Crippen molar-refractivity contribution in [1.82, 2.24) is 4.90 Å². The van der Waals surface area contributed by atoms with Crippen LogP contribution in [0, 0.1) is 6.92 Å². The molecule has 1 aliphatic rings. The van der Waals surface area contributed by atoms with Crippen LogP contribution in [0.2, 0.25) is 0 Å². The topological polar surface area (TPSA) is 49.6 Å². The normalized spacial score (nSPS) is 21.5. The summed E-state index contributed by atoms with van der Waals surface area (Å²) in [7, 11) is 2.01. The number of carbonyl (C=O) groups is 1. The molecule has 0 aromatic heterocycles. The summed E-state index contributed by atoms with van der Waals surface area (Å²) in [5.74, 6) is 0.175. The average molecular weight is 261 g/mol. The van der Waals surface area contributed by atoms with Gasteiger partial charge in [0.05, 0.1) is 6.04 Å². The molecule has 1 saturated heterocycles. The van der Waals surface area contributed by atoms with Crippen LogP contribution in [0.4, 0.5) is 5.69 Å². The molecular formula is C15H23N3O. The molecule has 0 bridgehead atoms. The van der Waals surface area contributed by atoms with Gasteiger partial charge < -0.3 is 10.6 Å². The molecular weight excluding hydrogens is 238 g/mol. The third-order valence-electron chi connectivity index (χ3n) is 3.76. The maximum absolute atomic E-state index is 12.7. The Balaban J connectivity index is 2.24. The van der Waals surface area contributed by atoms with Crippen molar-refractivity contribution in [3.05, 3.63) is 29.8 Å². The van der Waals surface area contributed by atoms with Gasteiger partial charge in [-0.3, -0.25) is 9.69 Å². The molecule has 4 heteroatoms. The molecule has 2 N–H and O–H groups in total. The van der Waals surface area contributed by atoms with E-state index in [-0.39, 0.29) is 11.9 Å². The zero-order chi connectivity index (χ0) is 13.8. The lowest BCUT2D eigenvalue weighted by Gasteiger charge is -2.28. The van der Waals surface area contributed by atoms with Crippen molar-refractivity contribution in [3.8, 4) is 0 Å². The Morgan fingerprint density at radius 3 is 2.58 bits per heavy atom. The second-order valence-corrected chi connectivity index (χ2v) is 5.25. The maximum atomic E-state index is 12.7. The Morgan fingerprint density at radius 2 is 1.95 bits per heavy atom. The van der Waals surface area contributed by atoms with Gasteiger partial charge >= 0.3 is 0 Å². The van der Waals surface area contributed by atoms with Crippen LogP contribution in [0.1, 0.15) is 18.4 Å². The number of likely N-dealkylation sites (N-methyl/N-ethyl adjacent to an activating group) is 1. The van der Waals surface area contributed by atoms with Gasteiger partial charge in [-0.1, -0.05) is 17.7 Å². The van der Waals surface area contributed by atoms with Gasteiger partial charge in [0.25, 0.3) is 0 Å². The summed E-state index contributed by atoms with van der Waals surface area (Å²) >= 11 is 0. The Labute approximate surface area is 115 Å². The number of rotatable bonds is 3. The van der Waals surface area contributed by atoms with Gasteiger partial charge in [-0.05, 0) is 45.5 Å². The molecule has 1 aromatic carbocycles. The molecule has 1 heterocycles. The molecule has 0 aliphatic carbocycles. The number of benzene rings is 1. The first-order chi connectivity index (χ1) is 9.13. The SMILES string of the molecule is Cc1ccc(N2CCCN(C)C(CCN)C2=O)cc1. The zero-order valence-electron chi connectivity index (χ0n) is 11.8. The van der Waals surface area contributed by atoms with E-state index in [1.165, 1.54) is 5.56 Å². The number of amides is 1. The van der Waals surface area contributed by atoms with E-state index in [9.17, 15) is 4.79 Å². The molecule has 19 heavy (non-hydrogen) atoms. The standard InChI is InChI=1S/C15H23N3O/c1-12-4-6-13(7-5-12)18-11-3-10-17(2)14(8-9-16)15(18)19/h4-7,14H,3,8-11,16H2,1-2H3. The average Bonchev–Trinajstić information content (AvgIpc) is 2.53. The van der Waals surface area contributed by atoms with Crippen LogP contribution in [0.5, 0.6) is 0 Å². The number of anilines is 1. The first-order valence-corrected chi connectivity index (χ1v) is 6.92. The molecule has 104 valence electrons. The van der Waals surface area contributed by atoms with E-state index in [4.69, 9.17) is 5.73 Å². The highest BCUT2D eigenvalue weighted by Crippen LogP contribution is 2.21. The number of carbonyl (C=O) groups excluding carboxylic acids is 1. The minimum atomic E-state index is -0.0891. The molecule has 1 atom stereocenters. The van der Waals surface area contributed by atoms with Crippen LogP contribution in [0.25, 0.3) is 0 Å². The predicted molar refractivity (Wildman–Crippen MR) is 78.2 cm³/mol. The lowest BCUT2D eigenvalue weighted by Crippen LogP contribution is -2.45. The molecule has 1 unspecified atom stereocenters. The van der Waals surface area contributed by atoms with Gasteiger partial charge in [-0.15, -0.1) is 0 Å². The van der Waals surface area contributed by atoms with Crippen molar-refractivity contribution in [2.24, 2.45) is 5.73 Å². The van der Waals surface area contributed by atoms with Gasteiger partial charge in [0.1, 0.15) is 0 Å². The summed E-state index contributed by atoms with van der Waals surface area (Å²) in [6.07, 6.45) is 1.72. The summed E-state index contributed by atoms with van der Waals surface area (Å²) in [4.78, 5) is 16.7. The molecule has 0 saturated carbocycles. The van der Waals surface area contributed by atoms with Crippen LogP contribution in [-0.2, 0) is 4.79 Å². The number of aryl methyl sites for hydroxylation is 1. The summed E-state index contributed by atoms with van der Waals surface area (Å²) in [6, 6.07) is 8.06. The van der Waals surface area contributed by atoms with E-state index >= 15 is 0 Å². The van der Waals surface area contributed by atoms with E-state index in [2.05, 4.69) is 24.0 Å². The first kappa shape index (κ1) is 14.0. The second kappa shape index (κ2) is 6.17. The number of nitrogens with two attached hydrogens (primary N) is 1. The summed E-state index contributed by atoms with van der Waals surface area (Å²) < 4.78 is 0. The van der Waals surface area contributed by atoms with Crippen molar-refractivity contribution in [2.45, 2.75) is 25.8 Å². The van der Waals surface area contributed by atoms with Crippen LogP contribution in [0.15, 0.2) is 24.3 Å². The van der Waals surface area contributed by atoms with E-state index in [0.717, 1.165) is 31.6 Å². The van der Waals surface area contributed by atoms with Crippen LogP contribution in [0.3, 0.4) is 0 Å². The van der Waals surface area contributed by atoms with Gasteiger partial charge in [0, 0.05) is 18.8 Å². The van der Waals surface area contributed by atoms with Crippen LogP contribution in [-0.4, -0.2) is 43.5 Å². The van der Waals surface area contributed by atoms with Crippen molar-refractivity contribution >= 4 is 11.6 Å². The van der Waals surface area contributed by atoms with Crippen LogP contribution < -0.4 is 10.6 Å². The molecule has 1 amide bonds. The van der Waals surface area contributed by atoms with E-state index in [1.807, 2.05) is 24.1 Å². The van der Waals surface area contributed by atoms with Crippen molar-refractivity contribution in [2.75, 3.05) is 31.6 Å². The van der Waals surface area contributed by atoms with Crippen molar-refractivity contribution < 1.29 is 4.79 Å². The highest BCUT2D eigenvalue weighted by atomic mass is 16.2. The largest absolute Gasteiger partial charge is 0.330 e. The fraction of sp³-hybridized carbons (Fsp3) is 0.533. The maximum Gasteiger partial charge on any atom is 0.244 e. The zero-order valence-corrected chi connectivity index (χ0v) is 11.8. The first-order valence-electron chi connectivity index (χ1n) is 6.92. The van der Waals surface area contributed by atoms with Crippen LogP contribution >= 0.6 is 0 Å². The van der Waals surface area contributed by atoms with Crippen molar-refractivity contribution in [1.29, 1.82) is 0 Å². The lowest BCUT2D eigenvalue weighted by molar-refractivity contribution is -0.122. The minimum Gasteiger partial charge on any atom is -0.330 e. The highest BCUT2D eigenvalue weighted by molar-refractivity contribution is 5.97. The smallest absolute Gasteiger partial charge is 0.244 e. The number of hydrogen-bond donors (Lipinski definition) is 1. The molecule has 1 aromatic rings. The second-order valence-electron chi connectivity index (χ2n) is 5.25. The molecule has 0 radical (unpaired) electrons. The molecule has 2 rings (SSSR count). The minimum absolute atomic E-state index is 0.0891. The third kappa shape index (κ3) is 3.14. The summed E-state index contributed by atoms with van der Waals surface area (Å²) in [5.41, 5.74) is 7.84. The quantitative estimate of drug-likeness (QED) is 0.894. The number of hydrogen-bond acceptors (Lipinski definition) is 3. The van der Waals surface area contributed by atoms with Gasteiger partial charge in [-0.2, -0.15) is 0 Å². The van der Waals surface area contributed by atoms with E-state index in [1.54, 1.807) is 0 Å². The Hall–Kier alpha value is -1.39. The fourth-order valence-corrected chi connectivity index (χ4v) is 2.60. The number of nitrogens with zero attached hydrogens (tertiary/aromatic N) is 2. The van der Waals surface area contributed by atoms with E-state index in [0.29, 0.717) is 6.54 Å². The lowest BCUT2D eigenvalue weighted by atomic mass is 10.1. The molecule has 1 aliphatic heterocycles. The molecule has 0 spiro atoms. The van der Waals surface area contributed by atoms with Gasteiger partial charge in [0.15, 0.2) is 0 Å². The summed E-state index contributed by atoms with van der Waals surface area (Å²) in [6.45, 7) is 4.33. The van der Waals surface area contributed by atoms with Gasteiger partial charge in [-0.25, -0.2) is 0 Å². The highest BCUT2D eigenvalue weighted by Gasteiger charge is 2.30. The monoisotopic (exact) mass is 261 g/mol. The Bertz CT molecular complexity index is 430. The predicted octanol–water partition coefficient (Wildman–Crippen LogP) is 1.38. The Morgan fingerprint density at radius 1 is 1.26 bits per heavy atom. The molecule has 1 fully saturated rings. The third-order valence-corrected chi connectivity index (χ3v) is 3.76. The van der Waals surface area contributed by atoms with Crippen molar-refractivity contribution in [3.63, 3.8) is 0 Å². The Kier molecular flexibility index (Phi) is 4.56. The molecule has 4 nitrogen and oxygen atoms in total. The summed E-state index contributed by atoms with van der Waals surface area (Å²) in [5, 5.41) is 0.